The highest BCUT2D eigenvalue weighted by molar-refractivity contribution is 6.04. The Balaban J connectivity index is 2.63. The summed E-state index contributed by atoms with van der Waals surface area (Å²) >= 11 is 0. The Bertz CT molecular complexity index is 703. The fourth-order valence-electron chi connectivity index (χ4n) is 2.45. The average molecular weight is 339 g/mol. The number of hydrogen-bond acceptors (Lipinski definition) is 4. The van der Waals surface area contributed by atoms with Crippen LogP contribution in [0, 0.1) is 17.2 Å². The zero-order valence-electron chi connectivity index (χ0n) is 10.9. The highest BCUT2D eigenvalue weighted by Crippen LogP contribution is 2.45. The molecule has 2 N–H and O–H groups in total. The van der Waals surface area contributed by atoms with Crippen molar-refractivity contribution >= 4 is 5.78 Å². The Morgan fingerprint density at radius 3 is 2.17 bits per heavy atom. The maximum atomic E-state index is 12.7. The van der Waals surface area contributed by atoms with E-state index >= 15 is 0 Å². The quantitative estimate of drug-likeness (QED) is 0.770. The molecule has 23 heavy (non-hydrogen) atoms. The number of aliphatic hydroxyl groups excluding tert-OH is 2. The molecule has 2 rings (SSSR count). The molecule has 0 aliphatic heterocycles. The van der Waals surface area contributed by atoms with Crippen molar-refractivity contribution in [3.05, 3.63) is 34.4 Å². The molecule has 124 valence electrons. The van der Waals surface area contributed by atoms with Gasteiger partial charge in [-0.1, -0.05) is 0 Å². The van der Waals surface area contributed by atoms with Crippen molar-refractivity contribution in [3.8, 4) is 6.07 Å². The lowest BCUT2D eigenvalue weighted by atomic mass is 9.94. The number of Topliss-reactive ketones (excluding diaryl/α,β-unsaturated/α-hetero) is 1. The van der Waals surface area contributed by atoms with Gasteiger partial charge in [0.2, 0.25) is 0 Å². The number of carbonyl (C=O) groups is 1. The Labute approximate surface area is 124 Å². The third-order valence-electron chi connectivity index (χ3n) is 3.51. The molecule has 3 atom stereocenters. The van der Waals surface area contributed by atoms with Crippen LogP contribution in [0.5, 0.6) is 0 Å². The summed E-state index contributed by atoms with van der Waals surface area (Å²) in [5.74, 6) is -3.92. The highest BCUT2D eigenvalue weighted by Gasteiger charge is 2.54. The van der Waals surface area contributed by atoms with Crippen molar-refractivity contribution in [1.82, 2.24) is 0 Å². The number of alkyl halides is 6. The molecule has 10 heteroatoms. The van der Waals surface area contributed by atoms with Gasteiger partial charge < -0.3 is 10.2 Å². The number of benzene rings is 1. The van der Waals surface area contributed by atoms with Gasteiger partial charge in [0.25, 0.3) is 0 Å². The molecule has 1 aliphatic rings. The van der Waals surface area contributed by atoms with Crippen LogP contribution in [0.2, 0.25) is 0 Å². The molecule has 0 saturated heterocycles. The van der Waals surface area contributed by atoms with Crippen LogP contribution >= 0.6 is 0 Å². The third-order valence-corrected chi connectivity index (χ3v) is 3.51. The SMILES string of the molecule is N#Cc1cc(C(F)(F)F)cc2c1C(O)C(C(O)C(F)(F)F)C2=O. The number of rotatable bonds is 1. The smallest absolute Gasteiger partial charge is 0.387 e. The molecule has 1 aromatic carbocycles. The summed E-state index contributed by atoms with van der Waals surface area (Å²) in [7, 11) is 0. The summed E-state index contributed by atoms with van der Waals surface area (Å²) in [4.78, 5) is 11.9. The number of nitrogens with zero attached hydrogens (tertiary/aromatic N) is 1. The Morgan fingerprint density at radius 2 is 1.74 bits per heavy atom. The standard InChI is InChI=1S/C13H7F6NO3/c14-12(15,16)5-1-4(3-20)7-6(2-5)9(21)8(10(7)22)11(23)13(17,18)19/h1-2,8,10-11,22-23H. The number of ketones is 1. The number of hydrogen-bond donors (Lipinski definition) is 2. The van der Waals surface area contributed by atoms with Gasteiger partial charge in [-0.05, 0) is 12.1 Å². The fourth-order valence-corrected chi connectivity index (χ4v) is 2.45. The van der Waals surface area contributed by atoms with E-state index in [2.05, 4.69) is 0 Å². The molecule has 0 bridgehead atoms. The Hall–Kier alpha value is -2.12. The van der Waals surface area contributed by atoms with Gasteiger partial charge in [0, 0.05) is 11.1 Å². The van der Waals surface area contributed by atoms with Crippen molar-refractivity contribution in [2.45, 2.75) is 24.6 Å². The van der Waals surface area contributed by atoms with Gasteiger partial charge in [0.05, 0.1) is 29.2 Å². The molecule has 0 spiro atoms. The molecule has 0 radical (unpaired) electrons. The topological polar surface area (TPSA) is 81.3 Å². The molecular formula is C13H7F6NO3. The first-order chi connectivity index (χ1) is 10.4. The van der Waals surface area contributed by atoms with Gasteiger partial charge in [-0.15, -0.1) is 0 Å². The van der Waals surface area contributed by atoms with E-state index in [1.54, 1.807) is 0 Å². The lowest BCUT2D eigenvalue weighted by Crippen LogP contribution is -2.40. The molecule has 0 amide bonds. The van der Waals surface area contributed by atoms with Crippen molar-refractivity contribution in [2.24, 2.45) is 5.92 Å². The minimum Gasteiger partial charge on any atom is -0.387 e. The Kier molecular flexibility index (Phi) is 3.90. The van der Waals surface area contributed by atoms with Crippen LogP contribution in [0.15, 0.2) is 12.1 Å². The monoisotopic (exact) mass is 339 g/mol. The van der Waals surface area contributed by atoms with Crippen LogP contribution < -0.4 is 0 Å². The average Bonchev–Trinajstić information content (AvgIpc) is 2.67. The Morgan fingerprint density at radius 1 is 1.17 bits per heavy atom. The van der Waals surface area contributed by atoms with Crippen molar-refractivity contribution in [3.63, 3.8) is 0 Å². The van der Waals surface area contributed by atoms with E-state index in [0.717, 1.165) is 0 Å². The van der Waals surface area contributed by atoms with Crippen LogP contribution in [-0.2, 0) is 6.18 Å². The second-order valence-corrected chi connectivity index (χ2v) is 4.92. The van der Waals surface area contributed by atoms with Gasteiger partial charge in [0.15, 0.2) is 11.9 Å². The first kappa shape index (κ1) is 17.2. The molecule has 0 heterocycles. The fraction of sp³-hybridized carbons (Fsp3) is 0.385. The van der Waals surface area contributed by atoms with Gasteiger partial charge in [-0.3, -0.25) is 4.79 Å². The van der Waals surface area contributed by atoms with Gasteiger partial charge in [-0.2, -0.15) is 31.6 Å². The largest absolute Gasteiger partial charge is 0.416 e. The van der Waals surface area contributed by atoms with E-state index in [-0.39, 0.29) is 6.07 Å². The summed E-state index contributed by atoms with van der Waals surface area (Å²) in [6.07, 6.45) is -15.7. The molecule has 0 aromatic heterocycles. The van der Waals surface area contributed by atoms with Gasteiger partial charge in [0.1, 0.15) is 0 Å². The third kappa shape index (κ3) is 2.77. The molecule has 4 nitrogen and oxygen atoms in total. The van der Waals surface area contributed by atoms with E-state index in [0.29, 0.717) is 6.07 Å². The van der Waals surface area contributed by atoms with E-state index in [1.807, 2.05) is 0 Å². The van der Waals surface area contributed by atoms with Crippen molar-refractivity contribution in [1.29, 1.82) is 5.26 Å². The predicted molar refractivity (Wildman–Crippen MR) is 61.0 cm³/mol. The summed E-state index contributed by atoms with van der Waals surface area (Å²) in [6.45, 7) is 0. The minimum atomic E-state index is -5.26. The number of aliphatic hydroxyl groups is 2. The van der Waals surface area contributed by atoms with E-state index in [9.17, 15) is 41.4 Å². The number of carbonyl (C=O) groups excluding carboxylic acids is 1. The summed E-state index contributed by atoms with van der Waals surface area (Å²) in [5.41, 5.74) is -3.67. The van der Waals surface area contributed by atoms with Crippen LogP contribution in [0.4, 0.5) is 26.3 Å². The van der Waals surface area contributed by atoms with Crippen LogP contribution in [-0.4, -0.2) is 28.3 Å². The highest BCUT2D eigenvalue weighted by atomic mass is 19.4. The lowest BCUT2D eigenvalue weighted by Gasteiger charge is -2.22. The van der Waals surface area contributed by atoms with E-state index < -0.39 is 58.5 Å². The normalized spacial score (nSPS) is 22.7. The minimum absolute atomic E-state index is 0.269. The van der Waals surface area contributed by atoms with Crippen LogP contribution in [0.25, 0.3) is 0 Å². The second-order valence-electron chi connectivity index (χ2n) is 4.92. The predicted octanol–water partition coefficient (Wildman–Crippen LogP) is 2.35. The summed E-state index contributed by atoms with van der Waals surface area (Å²) < 4.78 is 75.9. The second kappa shape index (κ2) is 5.21. The van der Waals surface area contributed by atoms with Crippen LogP contribution in [0.1, 0.15) is 33.2 Å². The zero-order valence-corrected chi connectivity index (χ0v) is 10.9. The van der Waals surface area contributed by atoms with Crippen molar-refractivity contribution < 1.29 is 41.4 Å². The molecule has 3 unspecified atom stereocenters. The molecule has 0 saturated carbocycles. The van der Waals surface area contributed by atoms with Gasteiger partial charge in [-0.25, -0.2) is 0 Å². The van der Waals surface area contributed by atoms with Crippen molar-refractivity contribution in [2.75, 3.05) is 0 Å². The molecule has 1 aliphatic carbocycles. The number of halogens is 6. The molecule has 0 fully saturated rings. The first-order valence-electron chi connectivity index (χ1n) is 6.02. The summed E-state index contributed by atoms with van der Waals surface area (Å²) in [5, 5.41) is 27.9. The number of nitriles is 1. The molecular weight excluding hydrogens is 332 g/mol. The van der Waals surface area contributed by atoms with E-state index in [1.165, 1.54) is 6.07 Å². The zero-order chi connectivity index (χ0) is 17.7. The summed E-state index contributed by atoms with van der Waals surface area (Å²) in [6, 6.07) is 1.91. The maximum Gasteiger partial charge on any atom is 0.416 e. The first-order valence-corrected chi connectivity index (χ1v) is 6.02. The van der Waals surface area contributed by atoms with Gasteiger partial charge >= 0.3 is 12.4 Å². The van der Waals surface area contributed by atoms with E-state index in [4.69, 9.17) is 5.26 Å². The number of fused-ring (bicyclic) bond motifs is 1. The lowest BCUT2D eigenvalue weighted by molar-refractivity contribution is -0.221. The molecule has 1 aromatic rings. The van der Waals surface area contributed by atoms with Crippen LogP contribution in [0.3, 0.4) is 0 Å². The maximum absolute atomic E-state index is 12.7.